The van der Waals surface area contributed by atoms with Crippen LogP contribution in [0.3, 0.4) is 0 Å². The zero-order valence-corrected chi connectivity index (χ0v) is 19.8. The summed E-state index contributed by atoms with van der Waals surface area (Å²) in [6, 6.07) is 9.53. The van der Waals surface area contributed by atoms with Crippen molar-refractivity contribution in [1.29, 1.82) is 0 Å². The minimum absolute atomic E-state index is 0.0241. The molecule has 0 aliphatic carbocycles. The molecule has 2 aromatic carbocycles. The molecule has 0 aliphatic heterocycles. The SMILES string of the molecule is CNCCN(C)c1ccccc1Nc1cc(F)c(S(=O)(=O)N(Cl)c2cscn2)cc1Cl. The fraction of sp³-hybridized carbons (Fsp3) is 0.211. The first-order chi connectivity index (χ1) is 14.8. The third kappa shape index (κ3) is 5.21. The normalized spacial score (nSPS) is 11.4. The lowest BCUT2D eigenvalue weighted by Crippen LogP contribution is -2.27. The second-order valence-electron chi connectivity index (χ2n) is 6.50. The van der Waals surface area contributed by atoms with Crippen LogP contribution in [0.4, 0.5) is 27.3 Å². The number of para-hydroxylation sites is 2. The zero-order valence-electron chi connectivity index (χ0n) is 16.6. The number of sulfonamides is 1. The highest BCUT2D eigenvalue weighted by molar-refractivity contribution is 7.94. The molecule has 0 fully saturated rings. The number of anilines is 4. The number of hydrogen-bond acceptors (Lipinski definition) is 7. The molecule has 0 spiro atoms. The lowest BCUT2D eigenvalue weighted by atomic mass is 10.2. The summed E-state index contributed by atoms with van der Waals surface area (Å²) in [6.07, 6.45) is 0. The van der Waals surface area contributed by atoms with E-state index in [9.17, 15) is 12.8 Å². The number of nitrogens with one attached hydrogen (secondary N) is 2. The molecule has 0 saturated heterocycles. The number of likely N-dealkylation sites (N-methyl/N-ethyl adjacent to an activating group) is 2. The van der Waals surface area contributed by atoms with Gasteiger partial charge in [-0.2, -0.15) is 12.2 Å². The summed E-state index contributed by atoms with van der Waals surface area (Å²) in [7, 11) is -0.595. The van der Waals surface area contributed by atoms with E-state index in [1.54, 1.807) is 0 Å². The van der Waals surface area contributed by atoms with Crippen LogP contribution in [0.15, 0.2) is 52.2 Å². The molecule has 0 radical (unpaired) electrons. The molecule has 3 aromatic rings. The molecular weight excluding hydrogens is 484 g/mol. The minimum atomic E-state index is -4.40. The molecule has 0 atom stereocenters. The van der Waals surface area contributed by atoms with E-state index in [0.717, 1.165) is 42.2 Å². The average molecular weight is 504 g/mol. The van der Waals surface area contributed by atoms with Gasteiger partial charge in [0.2, 0.25) is 0 Å². The molecule has 0 unspecified atom stereocenters. The highest BCUT2D eigenvalue weighted by Gasteiger charge is 2.29. The van der Waals surface area contributed by atoms with Crippen molar-refractivity contribution in [3.63, 3.8) is 0 Å². The van der Waals surface area contributed by atoms with Crippen molar-refractivity contribution in [3.8, 4) is 0 Å². The quantitative estimate of drug-likeness (QED) is 0.412. The predicted octanol–water partition coefficient (Wildman–Crippen LogP) is 4.68. The Kier molecular flexibility index (Phi) is 7.60. The van der Waals surface area contributed by atoms with Gasteiger partial charge in [0.1, 0.15) is 10.7 Å². The van der Waals surface area contributed by atoms with Gasteiger partial charge in [0.15, 0.2) is 5.82 Å². The fourth-order valence-corrected chi connectivity index (χ4v) is 5.11. The Balaban J connectivity index is 1.92. The summed E-state index contributed by atoms with van der Waals surface area (Å²) in [4.78, 5) is 5.22. The number of nitrogens with zero attached hydrogens (tertiary/aromatic N) is 3. The number of benzene rings is 2. The van der Waals surface area contributed by atoms with Gasteiger partial charge in [-0.05, 0) is 25.2 Å². The Morgan fingerprint density at radius 1 is 1.23 bits per heavy atom. The number of rotatable bonds is 9. The standard InChI is InChI=1S/C19H20Cl2FN5O2S2/c1-23-7-8-26(2)17-6-4-3-5-15(17)25-16-10-14(22)18(9-13(16)20)31(28,29)27(21)19-11-30-12-24-19/h3-6,9-12,23,25H,7-8H2,1-2H3. The summed E-state index contributed by atoms with van der Waals surface area (Å²) in [6.45, 7) is 1.53. The van der Waals surface area contributed by atoms with Gasteiger partial charge in [-0.15, -0.1) is 11.3 Å². The van der Waals surface area contributed by atoms with Crippen molar-refractivity contribution in [3.05, 3.63) is 58.1 Å². The molecule has 2 N–H and O–H groups in total. The fourth-order valence-electron chi connectivity index (χ4n) is 2.78. The van der Waals surface area contributed by atoms with Crippen molar-refractivity contribution in [2.24, 2.45) is 0 Å². The zero-order chi connectivity index (χ0) is 22.6. The maximum Gasteiger partial charge on any atom is 0.282 e. The van der Waals surface area contributed by atoms with E-state index in [1.807, 2.05) is 43.3 Å². The molecule has 1 heterocycles. The molecule has 0 aliphatic rings. The second-order valence-corrected chi connectivity index (χ2v) is 9.92. The van der Waals surface area contributed by atoms with E-state index >= 15 is 0 Å². The maximum atomic E-state index is 14.9. The molecular formula is C19H20Cl2FN5O2S2. The van der Waals surface area contributed by atoms with Gasteiger partial charge >= 0.3 is 0 Å². The van der Waals surface area contributed by atoms with Crippen LogP contribution in [-0.2, 0) is 10.0 Å². The molecule has 3 rings (SSSR count). The van der Waals surface area contributed by atoms with E-state index in [-0.39, 0.29) is 16.5 Å². The monoisotopic (exact) mass is 503 g/mol. The van der Waals surface area contributed by atoms with E-state index in [4.69, 9.17) is 23.4 Å². The molecule has 1 aromatic heterocycles. The summed E-state index contributed by atoms with van der Waals surface area (Å²) in [5, 5.41) is 7.63. The van der Waals surface area contributed by atoms with Crippen molar-refractivity contribution >= 4 is 67.6 Å². The van der Waals surface area contributed by atoms with Gasteiger partial charge in [-0.3, -0.25) is 0 Å². The summed E-state index contributed by atoms with van der Waals surface area (Å²) >= 11 is 13.4. The topological polar surface area (TPSA) is 77.6 Å². The van der Waals surface area contributed by atoms with Crippen LogP contribution in [0, 0.1) is 5.82 Å². The van der Waals surface area contributed by atoms with Gasteiger partial charge in [0, 0.05) is 43.4 Å². The van der Waals surface area contributed by atoms with Crippen LogP contribution < -0.4 is 19.4 Å². The Labute approximate surface area is 194 Å². The first kappa shape index (κ1) is 23.6. The predicted molar refractivity (Wildman–Crippen MR) is 126 cm³/mol. The summed E-state index contributed by atoms with van der Waals surface area (Å²) in [5.74, 6) is -1.02. The first-order valence-electron chi connectivity index (χ1n) is 9.06. The van der Waals surface area contributed by atoms with Gasteiger partial charge < -0.3 is 15.5 Å². The first-order valence-corrected chi connectivity index (χ1v) is 12.2. The Hall–Kier alpha value is -2.11. The van der Waals surface area contributed by atoms with Crippen LogP contribution in [-0.4, -0.2) is 40.6 Å². The number of aromatic nitrogens is 1. The third-order valence-electron chi connectivity index (χ3n) is 4.39. The average Bonchev–Trinajstić information content (AvgIpc) is 3.28. The van der Waals surface area contributed by atoms with Crippen molar-refractivity contribution < 1.29 is 12.8 Å². The largest absolute Gasteiger partial charge is 0.372 e. The number of hydrogen-bond donors (Lipinski definition) is 2. The van der Waals surface area contributed by atoms with Crippen LogP contribution in [0.25, 0.3) is 0 Å². The Morgan fingerprint density at radius 3 is 2.65 bits per heavy atom. The molecule has 166 valence electrons. The van der Waals surface area contributed by atoms with Gasteiger partial charge in [0.05, 0.1) is 27.6 Å². The van der Waals surface area contributed by atoms with E-state index in [0.29, 0.717) is 9.51 Å². The maximum absolute atomic E-state index is 14.9. The van der Waals surface area contributed by atoms with Crippen molar-refractivity contribution in [2.75, 3.05) is 41.2 Å². The van der Waals surface area contributed by atoms with Gasteiger partial charge in [-0.25, -0.2) is 9.37 Å². The molecule has 7 nitrogen and oxygen atoms in total. The smallest absolute Gasteiger partial charge is 0.282 e. The summed E-state index contributed by atoms with van der Waals surface area (Å²) in [5.41, 5.74) is 3.21. The molecule has 31 heavy (non-hydrogen) atoms. The van der Waals surface area contributed by atoms with Crippen LogP contribution in [0.2, 0.25) is 5.02 Å². The Morgan fingerprint density at radius 2 is 1.97 bits per heavy atom. The van der Waals surface area contributed by atoms with Crippen molar-refractivity contribution in [1.82, 2.24) is 10.3 Å². The number of thiazole rings is 1. The molecule has 12 heteroatoms. The van der Waals surface area contributed by atoms with Gasteiger partial charge in [-0.1, -0.05) is 23.7 Å². The lowest BCUT2D eigenvalue weighted by Gasteiger charge is -2.23. The molecule has 0 amide bonds. The van der Waals surface area contributed by atoms with Crippen molar-refractivity contribution in [2.45, 2.75) is 4.90 Å². The highest BCUT2D eigenvalue weighted by Crippen LogP contribution is 2.35. The van der Waals surface area contributed by atoms with Crippen LogP contribution >= 0.6 is 34.7 Å². The number of halogens is 3. The minimum Gasteiger partial charge on any atom is -0.372 e. The van der Waals surface area contributed by atoms with E-state index in [1.165, 1.54) is 10.9 Å². The summed E-state index contributed by atoms with van der Waals surface area (Å²) < 4.78 is 40.7. The third-order valence-corrected chi connectivity index (χ3v) is 7.47. The van der Waals surface area contributed by atoms with Crippen LogP contribution in [0.1, 0.15) is 0 Å². The van der Waals surface area contributed by atoms with E-state index in [2.05, 4.69) is 15.6 Å². The van der Waals surface area contributed by atoms with Gasteiger partial charge in [0.25, 0.3) is 10.0 Å². The second kappa shape index (κ2) is 10.0. The highest BCUT2D eigenvalue weighted by atomic mass is 35.5. The van der Waals surface area contributed by atoms with Crippen LogP contribution in [0.5, 0.6) is 0 Å². The van der Waals surface area contributed by atoms with E-state index < -0.39 is 20.7 Å². The molecule has 0 saturated carbocycles. The lowest BCUT2D eigenvalue weighted by molar-refractivity contribution is 0.568. The molecule has 0 bridgehead atoms. The Bertz CT molecular complexity index is 1150.